The maximum atomic E-state index is 12.6. The molecule has 0 atom stereocenters. The summed E-state index contributed by atoms with van der Waals surface area (Å²) in [6.45, 7) is 6.00. The van der Waals surface area contributed by atoms with Crippen LogP contribution in [0.4, 0.5) is 5.82 Å². The first-order chi connectivity index (χ1) is 14.5. The molecule has 0 unspecified atom stereocenters. The molecule has 1 amide bonds. The largest absolute Gasteiger partial charge is 0.441 e. The minimum atomic E-state index is -0.111. The van der Waals surface area contributed by atoms with Gasteiger partial charge in [-0.25, -0.2) is 9.67 Å². The van der Waals surface area contributed by atoms with E-state index in [-0.39, 0.29) is 12.3 Å². The van der Waals surface area contributed by atoms with Gasteiger partial charge in [0.05, 0.1) is 17.6 Å². The van der Waals surface area contributed by atoms with Crippen LogP contribution >= 0.6 is 0 Å². The van der Waals surface area contributed by atoms with Crippen molar-refractivity contribution in [3.05, 3.63) is 83.5 Å². The van der Waals surface area contributed by atoms with Crippen LogP contribution in [-0.4, -0.2) is 20.7 Å². The first-order valence-corrected chi connectivity index (χ1v) is 9.93. The molecule has 0 bridgehead atoms. The van der Waals surface area contributed by atoms with Gasteiger partial charge in [-0.05, 0) is 44.0 Å². The maximum absolute atomic E-state index is 12.6. The number of carbonyl (C=O) groups is 1. The number of oxazole rings is 1. The van der Waals surface area contributed by atoms with Gasteiger partial charge in [0.25, 0.3) is 0 Å². The SMILES string of the molecule is Cc1cc(C)cc(-n2nc(C)cc2NC(=O)CCc2ncc(-c3ccccc3)o2)c1. The molecule has 2 heterocycles. The number of anilines is 1. The van der Waals surface area contributed by atoms with Crippen molar-refractivity contribution in [2.24, 2.45) is 0 Å². The molecular weight excluding hydrogens is 376 g/mol. The first kappa shape index (κ1) is 19.6. The number of benzene rings is 2. The van der Waals surface area contributed by atoms with Crippen LogP contribution in [-0.2, 0) is 11.2 Å². The summed E-state index contributed by atoms with van der Waals surface area (Å²) in [5.41, 5.74) is 5.02. The molecular formula is C24H24N4O2. The van der Waals surface area contributed by atoms with Crippen molar-refractivity contribution in [1.82, 2.24) is 14.8 Å². The Labute approximate surface area is 175 Å². The quantitative estimate of drug-likeness (QED) is 0.493. The maximum Gasteiger partial charge on any atom is 0.226 e. The smallest absolute Gasteiger partial charge is 0.226 e. The van der Waals surface area contributed by atoms with Crippen molar-refractivity contribution in [2.45, 2.75) is 33.6 Å². The lowest BCUT2D eigenvalue weighted by Crippen LogP contribution is -2.15. The van der Waals surface area contributed by atoms with E-state index < -0.39 is 0 Å². The molecule has 30 heavy (non-hydrogen) atoms. The average Bonchev–Trinajstić information content (AvgIpc) is 3.33. The van der Waals surface area contributed by atoms with Crippen molar-refractivity contribution in [1.29, 1.82) is 0 Å². The molecule has 0 saturated carbocycles. The Bertz CT molecular complexity index is 1150. The highest BCUT2D eigenvalue weighted by molar-refractivity contribution is 5.90. The summed E-state index contributed by atoms with van der Waals surface area (Å²) in [6, 6.07) is 17.9. The minimum absolute atomic E-state index is 0.111. The number of carbonyl (C=O) groups excluding carboxylic acids is 1. The zero-order valence-corrected chi connectivity index (χ0v) is 17.3. The Morgan fingerprint density at radius 2 is 1.77 bits per heavy atom. The number of nitrogens with zero attached hydrogens (tertiary/aromatic N) is 3. The number of aromatic nitrogens is 3. The van der Waals surface area contributed by atoms with Crippen LogP contribution in [0.15, 0.2) is 65.2 Å². The second kappa shape index (κ2) is 8.37. The number of hydrogen-bond acceptors (Lipinski definition) is 4. The molecule has 2 aromatic carbocycles. The third-order valence-electron chi connectivity index (χ3n) is 4.73. The molecule has 0 radical (unpaired) electrons. The summed E-state index contributed by atoms with van der Waals surface area (Å²) in [6.07, 6.45) is 2.39. The fourth-order valence-corrected chi connectivity index (χ4v) is 3.45. The number of hydrogen-bond donors (Lipinski definition) is 1. The van der Waals surface area contributed by atoms with Gasteiger partial charge in [-0.3, -0.25) is 4.79 Å². The van der Waals surface area contributed by atoms with E-state index in [0.29, 0.717) is 23.9 Å². The molecule has 2 aromatic heterocycles. The van der Waals surface area contributed by atoms with Crippen molar-refractivity contribution < 1.29 is 9.21 Å². The zero-order chi connectivity index (χ0) is 21.1. The fraction of sp³-hybridized carbons (Fsp3) is 0.208. The summed E-state index contributed by atoms with van der Waals surface area (Å²) in [7, 11) is 0. The molecule has 6 heteroatoms. The number of amides is 1. The van der Waals surface area contributed by atoms with Gasteiger partial charge >= 0.3 is 0 Å². The highest BCUT2D eigenvalue weighted by Crippen LogP contribution is 2.22. The standard InChI is InChI=1S/C24H24N4O2/c1-16-11-17(2)13-20(12-16)28-22(14-18(3)27-28)26-23(29)9-10-24-25-15-21(30-24)19-7-5-4-6-8-19/h4-8,11-15H,9-10H2,1-3H3,(H,26,29). The van der Waals surface area contributed by atoms with Gasteiger partial charge in [0.1, 0.15) is 5.82 Å². The molecule has 0 aliphatic carbocycles. The molecule has 0 aliphatic rings. The predicted molar refractivity (Wildman–Crippen MR) is 117 cm³/mol. The third-order valence-corrected chi connectivity index (χ3v) is 4.73. The monoisotopic (exact) mass is 400 g/mol. The van der Waals surface area contributed by atoms with E-state index in [4.69, 9.17) is 4.42 Å². The van der Waals surface area contributed by atoms with E-state index in [0.717, 1.165) is 28.1 Å². The third kappa shape index (κ3) is 4.49. The highest BCUT2D eigenvalue weighted by atomic mass is 16.4. The average molecular weight is 400 g/mol. The molecule has 0 saturated heterocycles. The Kier molecular flexibility index (Phi) is 5.48. The van der Waals surface area contributed by atoms with Crippen molar-refractivity contribution in [2.75, 3.05) is 5.32 Å². The highest BCUT2D eigenvalue weighted by Gasteiger charge is 2.13. The van der Waals surface area contributed by atoms with Gasteiger partial charge in [0.2, 0.25) is 5.91 Å². The van der Waals surface area contributed by atoms with Crippen LogP contribution in [0.1, 0.15) is 29.1 Å². The van der Waals surface area contributed by atoms with Crippen LogP contribution in [0.25, 0.3) is 17.0 Å². The van der Waals surface area contributed by atoms with E-state index in [9.17, 15) is 4.79 Å². The lowest BCUT2D eigenvalue weighted by molar-refractivity contribution is -0.116. The van der Waals surface area contributed by atoms with E-state index in [2.05, 4.69) is 21.5 Å². The van der Waals surface area contributed by atoms with Crippen LogP contribution in [0, 0.1) is 20.8 Å². The zero-order valence-electron chi connectivity index (χ0n) is 17.3. The van der Waals surface area contributed by atoms with E-state index in [1.165, 1.54) is 0 Å². The molecule has 6 nitrogen and oxygen atoms in total. The number of rotatable bonds is 6. The molecule has 0 aliphatic heterocycles. The topological polar surface area (TPSA) is 73.0 Å². The first-order valence-electron chi connectivity index (χ1n) is 9.93. The van der Waals surface area contributed by atoms with Crippen LogP contribution in [0.5, 0.6) is 0 Å². The van der Waals surface area contributed by atoms with Crippen LogP contribution in [0.3, 0.4) is 0 Å². The van der Waals surface area contributed by atoms with Gasteiger partial charge in [0.15, 0.2) is 11.7 Å². The second-order valence-electron chi connectivity index (χ2n) is 7.46. The lowest BCUT2D eigenvalue weighted by Gasteiger charge is -2.10. The van der Waals surface area contributed by atoms with Gasteiger partial charge in [-0.1, -0.05) is 36.4 Å². The van der Waals surface area contributed by atoms with Gasteiger partial charge < -0.3 is 9.73 Å². The van der Waals surface area contributed by atoms with Gasteiger partial charge in [0, 0.05) is 24.5 Å². The Morgan fingerprint density at radius 1 is 1.03 bits per heavy atom. The van der Waals surface area contributed by atoms with Gasteiger partial charge in [-0.15, -0.1) is 0 Å². The Morgan fingerprint density at radius 3 is 2.50 bits per heavy atom. The van der Waals surface area contributed by atoms with Crippen LogP contribution < -0.4 is 5.32 Å². The normalized spacial score (nSPS) is 10.9. The lowest BCUT2D eigenvalue weighted by atomic mass is 10.1. The Balaban J connectivity index is 1.43. The summed E-state index contributed by atoms with van der Waals surface area (Å²) >= 11 is 0. The molecule has 1 N–H and O–H groups in total. The molecule has 0 spiro atoms. The molecule has 4 rings (SSSR count). The van der Waals surface area contributed by atoms with Crippen LogP contribution in [0.2, 0.25) is 0 Å². The minimum Gasteiger partial charge on any atom is -0.441 e. The Hall–Kier alpha value is -3.67. The van der Waals surface area contributed by atoms with E-state index >= 15 is 0 Å². The van der Waals surface area contributed by atoms with Gasteiger partial charge in [-0.2, -0.15) is 5.10 Å². The summed E-state index contributed by atoms with van der Waals surface area (Å²) in [4.78, 5) is 16.9. The van der Waals surface area contributed by atoms with E-state index in [1.807, 2.05) is 69.3 Å². The number of aryl methyl sites for hydroxylation is 4. The molecule has 4 aromatic rings. The summed E-state index contributed by atoms with van der Waals surface area (Å²) in [5, 5.41) is 7.51. The fourth-order valence-electron chi connectivity index (χ4n) is 3.45. The molecule has 0 fully saturated rings. The summed E-state index contributed by atoms with van der Waals surface area (Å²) in [5.74, 6) is 1.79. The van der Waals surface area contributed by atoms with Crippen molar-refractivity contribution >= 4 is 11.7 Å². The second-order valence-corrected chi connectivity index (χ2v) is 7.46. The molecule has 152 valence electrons. The van der Waals surface area contributed by atoms with E-state index in [1.54, 1.807) is 10.9 Å². The predicted octanol–water partition coefficient (Wildman–Crippen LogP) is 5.02. The van der Waals surface area contributed by atoms with Crippen molar-refractivity contribution in [3.8, 4) is 17.0 Å². The van der Waals surface area contributed by atoms with Crippen molar-refractivity contribution in [3.63, 3.8) is 0 Å². The summed E-state index contributed by atoms with van der Waals surface area (Å²) < 4.78 is 7.55. The number of nitrogens with one attached hydrogen (secondary N) is 1.